The van der Waals surface area contributed by atoms with Crippen molar-refractivity contribution in [2.75, 3.05) is 25.6 Å². The molecule has 3 N–H and O–H groups in total. The molecule has 0 unspecified atom stereocenters. The monoisotopic (exact) mass is 466 g/mol. The zero-order valence-electron chi connectivity index (χ0n) is 16.7. The Morgan fingerprint density at radius 1 is 1.03 bits per heavy atom. The van der Waals surface area contributed by atoms with Gasteiger partial charge in [0.15, 0.2) is 18.1 Å². The summed E-state index contributed by atoms with van der Waals surface area (Å²) in [6.45, 7) is 1.76. The van der Waals surface area contributed by atoms with E-state index >= 15 is 0 Å². The van der Waals surface area contributed by atoms with Crippen LogP contribution >= 0.6 is 23.2 Å². The predicted octanol–water partition coefficient (Wildman–Crippen LogP) is 2.61. The number of likely N-dealkylation sites (N-methyl/N-ethyl adjacent to an activating group) is 1. The number of halogens is 2. The second-order valence-corrected chi connectivity index (χ2v) is 6.75. The minimum Gasteiger partial charge on any atom is -0.493 e. The molecule has 0 fully saturated rings. The number of methoxy groups -OCH3 is 1. The van der Waals surface area contributed by atoms with E-state index in [2.05, 4.69) is 21.2 Å². The van der Waals surface area contributed by atoms with Gasteiger partial charge in [0.25, 0.3) is 5.91 Å². The van der Waals surface area contributed by atoms with E-state index in [0.29, 0.717) is 39.3 Å². The third-order valence-electron chi connectivity index (χ3n) is 3.67. The highest BCUT2D eigenvalue weighted by molar-refractivity contribution is 6.42. The molecule has 0 saturated heterocycles. The molecular formula is C20H20Cl2N4O5. The number of carbonyl (C=O) groups excluding carboxylic acids is 3. The van der Waals surface area contributed by atoms with Crippen molar-refractivity contribution in [3.63, 3.8) is 0 Å². The number of hydrogen-bond acceptors (Lipinski definition) is 6. The first kappa shape index (κ1) is 24.0. The number of rotatable bonds is 8. The van der Waals surface area contributed by atoms with Gasteiger partial charge in [0, 0.05) is 12.2 Å². The van der Waals surface area contributed by atoms with Crippen LogP contribution in [-0.4, -0.2) is 44.2 Å². The third kappa shape index (κ3) is 7.47. The van der Waals surface area contributed by atoms with Gasteiger partial charge in [-0.1, -0.05) is 23.2 Å². The van der Waals surface area contributed by atoms with Gasteiger partial charge in [-0.05, 0) is 48.9 Å². The number of anilines is 1. The highest BCUT2D eigenvalue weighted by atomic mass is 35.5. The Balaban J connectivity index is 1.94. The van der Waals surface area contributed by atoms with E-state index in [1.807, 2.05) is 0 Å². The Bertz CT molecular complexity index is 998. The van der Waals surface area contributed by atoms with Gasteiger partial charge in [-0.25, -0.2) is 5.43 Å². The number of ether oxygens (including phenoxy) is 2. The molecule has 2 aromatic carbocycles. The lowest BCUT2D eigenvalue weighted by Gasteiger charge is -2.11. The van der Waals surface area contributed by atoms with Gasteiger partial charge in [0.1, 0.15) is 0 Å². The second kappa shape index (κ2) is 11.8. The minimum atomic E-state index is -0.877. The molecule has 164 valence electrons. The Hall–Kier alpha value is -3.30. The predicted molar refractivity (Wildman–Crippen MR) is 118 cm³/mol. The molecule has 31 heavy (non-hydrogen) atoms. The zero-order chi connectivity index (χ0) is 22.8. The lowest BCUT2D eigenvalue weighted by molar-refractivity contribution is -0.139. The van der Waals surface area contributed by atoms with Crippen LogP contribution in [0.1, 0.15) is 12.5 Å². The van der Waals surface area contributed by atoms with E-state index in [-0.39, 0.29) is 6.61 Å². The minimum absolute atomic E-state index is 0.271. The standard InChI is InChI=1S/C20H20Cl2N4O5/c1-3-23-19(28)20(29)26-24-10-12-4-7-16(17(8-12)30-2)31-11-18(27)25-13-5-6-14(21)15(22)9-13/h4-10H,3,11H2,1-2H3,(H,23,28)(H,25,27)(H,26,29)/b24-10-. The maximum atomic E-state index is 12.1. The number of carbonyl (C=O) groups is 3. The van der Waals surface area contributed by atoms with E-state index < -0.39 is 17.7 Å². The smallest absolute Gasteiger partial charge is 0.329 e. The normalized spacial score (nSPS) is 10.5. The van der Waals surface area contributed by atoms with Crippen LogP contribution in [-0.2, 0) is 14.4 Å². The summed E-state index contributed by atoms with van der Waals surface area (Å²) in [5.74, 6) is -1.38. The Morgan fingerprint density at radius 2 is 1.81 bits per heavy atom. The Morgan fingerprint density at radius 3 is 2.48 bits per heavy atom. The molecule has 9 nitrogen and oxygen atoms in total. The fourth-order valence-corrected chi connectivity index (χ4v) is 2.55. The molecule has 0 heterocycles. The summed E-state index contributed by atoms with van der Waals surface area (Å²) in [7, 11) is 1.44. The first-order chi connectivity index (χ1) is 14.8. The molecule has 0 aromatic heterocycles. The Kier molecular flexibility index (Phi) is 9.11. The molecule has 2 aromatic rings. The molecule has 0 spiro atoms. The van der Waals surface area contributed by atoms with Crippen LogP contribution in [0.15, 0.2) is 41.5 Å². The van der Waals surface area contributed by atoms with E-state index in [9.17, 15) is 14.4 Å². The van der Waals surface area contributed by atoms with Crippen LogP contribution in [0.2, 0.25) is 10.0 Å². The number of benzene rings is 2. The lowest BCUT2D eigenvalue weighted by Crippen LogP contribution is -2.37. The third-order valence-corrected chi connectivity index (χ3v) is 4.41. The summed E-state index contributed by atoms with van der Waals surface area (Å²) in [5, 5.41) is 9.42. The van der Waals surface area contributed by atoms with E-state index in [1.54, 1.807) is 37.3 Å². The van der Waals surface area contributed by atoms with Gasteiger partial charge >= 0.3 is 11.8 Å². The first-order valence-electron chi connectivity index (χ1n) is 9.01. The average Bonchev–Trinajstić information content (AvgIpc) is 2.75. The van der Waals surface area contributed by atoms with Crippen LogP contribution in [0.25, 0.3) is 0 Å². The van der Waals surface area contributed by atoms with E-state index in [4.69, 9.17) is 32.7 Å². The number of hydrazone groups is 1. The number of hydrogen-bond donors (Lipinski definition) is 3. The molecule has 2 rings (SSSR count). The van der Waals surface area contributed by atoms with Crippen LogP contribution in [0.3, 0.4) is 0 Å². The maximum absolute atomic E-state index is 12.1. The number of nitrogens with one attached hydrogen (secondary N) is 3. The highest BCUT2D eigenvalue weighted by Gasteiger charge is 2.11. The largest absolute Gasteiger partial charge is 0.493 e. The summed E-state index contributed by atoms with van der Waals surface area (Å²) in [5.41, 5.74) is 3.17. The van der Waals surface area contributed by atoms with Gasteiger partial charge in [-0.3, -0.25) is 14.4 Å². The maximum Gasteiger partial charge on any atom is 0.329 e. The molecule has 0 aliphatic carbocycles. The van der Waals surface area contributed by atoms with Crippen molar-refractivity contribution in [2.45, 2.75) is 6.92 Å². The Labute approximate surface area is 188 Å². The van der Waals surface area contributed by atoms with E-state index in [0.717, 1.165) is 0 Å². The summed E-state index contributed by atoms with van der Waals surface area (Å²) in [6.07, 6.45) is 1.33. The van der Waals surface area contributed by atoms with Crippen molar-refractivity contribution in [1.82, 2.24) is 10.7 Å². The van der Waals surface area contributed by atoms with Crippen molar-refractivity contribution >= 4 is 52.8 Å². The number of amides is 3. The van der Waals surface area contributed by atoms with Crippen molar-refractivity contribution in [3.8, 4) is 11.5 Å². The van der Waals surface area contributed by atoms with Gasteiger partial charge in [0.05, 0.1) is 23.4 Å². The summed E-state index contributed by atoms with van der Waals surface area (Å²) >= 11 is 11.8. The van der Waals surface area contributed by atoms with E-state index in [1.165, 1.54) is 19.4 Å². The van der Waals surface area contributed by atoms with Crippen LogP contribution in [0, 0.1) is 0 Å². The average molecular weight is 467 g/mol. The lowest BCUT2D eigenvalue weighted by atomic mass is 10.2. The summed E-state index contributed by atoms with van der Waals surface area (Å²) in [6, 6.07) is 9.53. The number of nitrogens with zero attached hydrogens (tertiary/aromatic N) is 1. The van der Waals surface area contributed by atoms with Crippen LogP contribution in [0.4, 0.5) is 5.69 Å². The molecule has 0 radical (unpaired) electrons. The van der Waals surface area contributed by atoms with Gasteiger partial charge < -0.3 is 20.1 Å². The fourth-order valence-electron chi connectivity index (χ4n) is 2.26. The molecule has 0 bridgehead atoms. The van der Waals surface area contributed by atoms with Crippen LogP contribution in [0.5, 0.6) is 11.5 Å². The van der Waals surface area contributed by atoms with Gasteiger partial charge in [-0.15, -0.1) is 0 Å². The molecule has 0 aliphatic rings. The van der Waals surface area contributed by atoms with Crippen molar-refractivity contribution in [2.24, 2.45) is 5.10 Å². The molecule has 0 atom stereocenters. The SMILES string of the molecule is CCNC(=O)C(=O)N/N=C\c1ccc(OCC(=O)Nc2ccc(Cl)c(Cl)c2)c(OC)c1. The van der Waals surface area contributed by atoms with Gasteiger partial charge in [0.2, 0.25) is 0 Å². The van der Waals surface area contributed by atoms with Crippen molar-refractivity contribution in [3.05, 3.63) is 52.0 Å². The topological polar surface area (TPSA) is 118 Å². The molecule has 3 amide bonds. The van der Waals surface area contributed by atoms with Crippen molar-refractivity contribution < 1.29 is 23.9 Å². The first-order valence-corrected chi connectivity index (χ1v) is 9.76. The summed E-state index contributed by atoms with van der Waals surface area (Å²) in [4.78, 5) is 34.9. The summed E-state index contributed by atoms with van der Waals surface area (Å²) < 4.78 is 10.8. The molecule has 0 saturated carbocycles. The quantitative estimate of drug-likeness (QED) is 0.314. The fraction of sp³-hybridized carbons (Fsp3) is 0.200. The van der Waals surface area contributed by atoms with Gasteiger partial charge in [-0.2, -0.15) is 5.10 Å². The highest BCUT2D eigenvalue weighted by Crippen LogP contribution is 2.28. The molecule has 0 aliphatic heterocycles. The molecule has 11 heteroatoms. The second-order valence-electron chi connectivity index (χ2n) is 5.93. The zero-order valence-corrected chi connectivity index (χ0v) is 18.2. The van der Waals surface area contributed by atoms with Crippen molar-refractivity contribution in [1.29, 1.82) is 0 Å². The van der Waals surface area contributed by atoms with Crippen LogP contribution < -0.4 is 25.5 Å². The molecular weight excluding hydrogens is 447 g/mol.